The van der Waals surface area contributed by atoms with Gasteiger partial charge in [-0.15, -0.1) is 11.3 Å². The molecule has 0 fully saturated rings. The number of hydrogen-bond acceptors (Lipinski definition) is 3. The van der Waals surface area contributed by atoms with Gasteiger partial charge in [0.05, 0.1) is 12.9 Å². The fraction of sp³-hybridized carbons (Fsp3) is 0.273. The molecule has 0 aromatic carbocycles. The molecule has 2 aromatic rings. The molecule has 0 atom stereocenters. The van der Waals surface area contributed by atoms with Crippen LogP contribution in [-0.4, -0.2) is 9.55 Å². The number of aromatic nitrogens is 2. The van der Waals surface area contributed by atoms with Crippen LogP contribution in [-0.2, 0) is 13.0 Å². The van der Waals surface area contributed by atoms with Gasteiger partial charge in [-0.25, -0.2) is 4.98 Å². The Kier molecular flexibility index (Phi) is 3.41. The van der Waals surface area contributed by atoms with Gasteiger partial charge >= 0.3 is 0 Å². The second kappa shape index (κ2) is 4.80. The molecule has 0 spiro atoms. The fourth-order valence-corrected chi connectivity index (χ4v) is 2.48. The lowest BCUT2D eigenvalue weighted by molar-refractivity contribution is 0.745. The molecule has 0 N–H and O–H groups in total. The summed E-state index contributed by atoms with van der Waals surface area (Å²) < 4.78 is 1.55. The number of halogens is 1. The van der Waals surface area contributed by atoms with E-state index in [4.69, 9.17) is 11.6 Å². The minimum Gasteiger partial charge on any atom is -0.294 e. The first-order valence-corrected chi connectivity index (χ1v) is 6.18. The summed E-state index contributed by atoms with van der Waals surface area (Å²) in [5.41, 5.74) is -0.119. The lowest BCUT2D eigenvalue weighted by atomic mass is 10.3. The molecule has 2 heterocycles. The van der Waals surface area contributed by atoms with E-state index in [0.29, 0.717) is 6.54 Å². The highest BCUT2D eigenvalue weighted by Crippen LogP contribution is 2.17. The Morgan fingerprint density at radius 2 is 2.19 bits per heavy atom. The maximum Gasteiger partial charge on any atom is 0.255 e. The number of rotatable bonds is 3. The smallest absolute Gasteiger partial charge is 0.255 e. The Labute approximate surface area is 102 Å². The average Bonchev–Trinajstić information content (AvgIpc) is 2.70. The summed E-state index contributed by atoms with van der Waals surface area (Å²) >= 11 is 7.34. The van der Waals surface area contributed by atoms with E-state index in [-0.39, 0.29) is 10.7 Å². The number of nitrogens with zero attached hydrogens (tertiary/aromatic N) is 2. The Hall–Kier alpha value is -1.13. The van der Waals surface area contributed by atoms with Gasteiger partial charge in [-0.05, 0) is 18.6 Å². The van der Waals surface area contributed by atoms with Crippen molar-refractivity contribution in [1.29, 1.82) is 0 Å². The van der Waals surface area contributed by atoms with E-state index in [0.717, 1.165) is 11.3 Å². The highest BCUT2D eigenvalue weighted by atomic mass is 35.5. The van der Waals surface area contributed by atoms with Gasteiger partial charge in [-0.3, -0.25) is 9.36 Å². The largest absolute Gasteiger partial charge is 0.294 e. The third-order valence-corrected chi connectivity index (χ3v) is 3.66. The van der Waals surface area contributed by atoms with Crippen molar-refractivity contribution in [2.24, 2.45) is 0 Å². The van der Waals surface area contributed by atoms with E-state index in [1.807, 2.05) is 6.07 Å². The molecule has 0 unspecified atom stereocenters. The van der Waals surface area contributed by atoms with Gasteiger partial charge < -0.3 is 0 Å². The van der Waals surface area contributed by atoms with Crippen molar-refractivity contribution in [2.45, 2.75) is 19.9 Å². The van der Waals surface area contributed by atoms with Gasteiger partial charge in [0, 0.05) is 15.8 Å². The van der Waals surface area contributed by atoms with E-state index in [1.165, 1.54) is 17.3 Å². The zero-order valence-electron chi connectivity index (χ0n) is 8.81. The highest BCUT2D eigenvalue weighted by Gasteiger charge is 2.02. The third kappa shape index (κ3) is 2.51. The Balaban J connectivity index is 2.23. The summed E-state index contributed by atoms with van der Waals surface area (Å²) in [7, 11) is 0. The van der Waals surface area contributed by atoms with Crippen molar-refractivity contribution in [3.63, 3.8) is 0 Å². The van der Waals surface area contributed by atoms with Crippen molar-refractivity contribution in [1.82, 2.24) is 9.55 Å². The van der Waals surface area contributed by atoms with Crippen molar-refractivity contribution in [2.75, 3.05) is 0 Å². The summed E-state index contributed by atoms with van der Waals surface area (Å²) in [6.07, 6.45) is 2.51. The topological polar surface area (TPSA) is 34.9 Å². The van der Waals surface area contributed by atoms with E-state index in [9.17, 15) is 4.79 Å². The normalized spacial score (nSPS) is 10.6. The summed E-state index contributed by atoms with van der Waals surface area (Å²) in [6, 6.07) is 5.47. The molecule has 0 aliphatic carbocycles. The molecule has 16 heavy (non-hydrogen) atoms. The van der Waals surface area contributed by atoms with Gasteiger partial charge in [0.2, 0.25) is 0 Å². The highest BCUT2D eigenvalue weighted by molar-refractivity contribution is 7.11. The second-order valence-corrected chi connectivity index (χ2v) is 5.04. The number of hydrogen-bond donors (Lipinski definition) is 0. The van der Waals surface area contributed by atoms with Crippen LogP contribution in [0.25, 0.3) is 0 Å². The molecule has 2 rings (SSSR count). The van der Waals surface area contributed by atoms with Crippen LogP contribution in [0.1, 0.15) is 16.7 Å². The first kappa shape index (κ1) is 11.4. The molecule has 0 bridgehead atoms. The maximum absolute atomic E-state index is 11.6. The van der Waals surface area contributed by atoms with Crippen LogP contribution in [0.4, 0.5) is 0 Å². The molecule has 0 radical (unpaired) electrons. The van der Waals surface area contributed by atoms with Crippen molar-refractivity contribution in [3.05, 3.63) is 49.8 Å². The van der Waals surface area contributed by atoms with Crippen molar-refractivity contribution >= 4 is 22.9 Å². The van der Waals surface area contributed by atoms with Gasteiger partial charge in [0.15, 0.2) is 0 Å². The molecule has 0 aliphatic heterocycles. The summed E-state index contributed by atoms with van der Waals surface area (Å²) in [4.78, 5) is 17.9. The first-order chi connectivity index (χ1) is 7.69. The minimum absolute atomic E-state index is 0.119. The molecular weight excluding hydrogens is 244 g/mol. The van der Waals surface area contributed by atoms with E-state index in [2.05, 4.69) is 18.0 Å². The van der Waals surface area contributed by atoms with Crippen LogP contribution in [0.2, 0.25) is 5.15 Å². The molecular formula is C11H11ClN2OS. The minimum atomic E-state index is -0.119. The standard InChI is InChI=1S/C11H11ClN2OS/c1-2-8-3-4-9(16-8)6-14-7-13-10(12)5-11(14)15/h3-5,7H,2,6H2,1H3. The predicted octanol–water partition coefficient (Wildman–Crippen LogP) is 2.57. The first-order valence-electron chi connectivity index (χ1n) is 4.98. The predicted molar refractivity (Wildman–Crippen MR) is 66.3 cm³/mol. The summed E-state index contributed by atoms with van der Waals surface area (Å²) in [6.45, 7) is 2.68. The molecule has 0 saturated heterocycles. The van der Waals surface area contributed by atoms with Crippen LogP contribution in [0, 0.1) is 0 Å². The van der Waals surface area contributed by atoms with Crippen LogP contribution >= 0.6 is 22.9 Å². The van der Waals surface area contributed by atoms with E-state index in [1.54, 1.807) is 15.9 Å². The van der Waals surface area contributed by atoms with Crippen LogP contribution < -0.4 is 5.56 Å². The average molecular weight is 255 g/mol. The lowest BCUT2D eigenvalue weighted by Crippen LogP contribution is -2.19. The zero-order chi connectivity index (χ0) is 11.5. The molecule has 0 aliphatic rings. The van der Waals surface area contributed by atoms with Gasteiger partial charge in [0.25, 0.3) is 5.56 Å². The van der Waals surface area contributed by atoms with Crippen LogP contribution in [0.15, 0.2) is 29.3 Å². The molecule has 0 saturated carbocycles. The molecule has 0 amide bonds. The quantitative estimate of drug-likeness (QED) is 0.789. The molecule has 3 nitrogen and oxygen atoms in total. The number of aryl methyl sites for hydroxylation is 1. The van der Waals surface area contributed by atoms with Crippen molar-refractivity contribution in [3.8, 4) is 0 Å². The lowest BCUT2D eigenvalue weighted by Gasteiger charge is -2.01. The third-order valence-electron chi connectivity index (χ3n) is 2.24. The van der Waals surface area contributed by atoms with Crippen molar-refractivity contribution < 1.29 is 0 Å². The van der Waals surface area contributed by atoms with E-state index < -0.39 is 0 Å². The van der Waals surface area contributed by atoms with Crippen LogP contribution in [0.3, 0.4) is 0 Å². The summed E-state index contributed by atoms with van der Waals surface area (Å²) in [5.74, 6) is 0. The Bertz CT molecular complexity index is 547. The monoisotopic (exact) mass is 254 g/mol. The molecule has 2 aromatic heterocycles. The maximum atomic E-state index is 11.6. The van der Waals surface area contributed by atoms with Gasteiger partial charge in [0.1, 0.15) is 5.15 Å². The van der Waals surface area contributed by atoms with Gasteiger partial charge in [-0.1, -0.05) is 18.5 Å². The Morgan fingerprint density at radius 3 is 2.81 bits per heavy atom. The number of thiophene rings is 1. The van der Waals surface area contributed by atoms with Crippen LogP contribution in [0.5, 0.6) is 0 Å². The molecule has 5 heteroatoms. The van der Waals surface area contributed by atoms with E-state index >= 15 is 0 Å². The SMILES string of the molecule is CCc1ccc(Cn2cnc(Cl)cc2=O)s1. The Morgan fingerprint density at radius 1 is 1.44 bits per heavy atom. The second-order valence-electron chi connectivity index (χ2n) is 3.40. The summed E-state index contributed by atoms with van der Waals surface area (Å²) in [5, 5.41) is 0.238. The van der Waals surface area contributed by atoms with Gasteiger partial charge in [-0.2, -0.15) is 0 Å². The fourth-order valence-electron chi connectivity index (χ4n) is 1.39. The zero-order valence-corrected chi connectivity index (χ0v) is 10.4. The molecule has 84 valence electrons.